The third-order valence-electron chi connectivity index (χ3n) is 4.50. The first-order valence-corrected chi connectivity index (χ1v) is 9.11. The van der Waals surface area contributed by atoms with Gasteiger partial charge in [-0.05, 0) is 37.8 Å². The van der Waals surface area contributed by atoms with E-state index in [-0.39, 0.29) is 0 Å². The molecule has 1 saturated carbocycles. The molecule has 0 aromatic carbocycles. The van der Waals surface area contributed by atoms with Crippen molar-refractivity contribution >= 4 is 17.6 Å². The zero-order valence-corrected chi connectivity index (χ0v) is 14.3. The third-order valence-corrected chi connectivity index (χ3v) is 5.87. The minimum absolute atomic E-state index is 0.401. The minimum Gasteiger partial charge on any atom is -0.356 e. The van der Waals surface area contributed by atoms with Crippen LogP contribution < -0.4 is 10.2 Å². The molecule has 0 atom stereocenters. The quantitative estimate of drug-likeness (QED) is 0.923. The van der Waals surface area contributed by atoms with Gasteiger partial charge in [0.05, 0.1) is 0 Å². The monoisotopic (exact) mass is 305 g/mol. The summed E-state index contributed by atoms with van der Waals surface area (Å²) in [5, 5.41) is 3.58. The van der Waals surface area contributed by atoms with Crippen LogP contribution in [0.25, 0.3) is 0 Å². The van der Waals surface area contributed by atoms with E-state index >= 15 is 0 Å². The number of nitrogens with one attached hydrogen (secondary N) is 1. The maximum atomic E-state index is 4.86. The molecule has 1 saturated heterocycles. The number of rotatable bonds is 4. The predicted molar refractivity (Wildman–Crippen MR) is 92.2 cm³/mol. The van der Waals surface area contributed by atoms with Crippen molar-refractivity contribution in [1.82, 2.24) is 10.3 Å². The number of hydrogen-bond acceptors (Lipinski definition) is 4. The first kappa shape index (κ1) is 15.2. The molecular weight excluding hydrogens is 278 g/mol. The first-order valence-electron chi connectivity index (χ1n) is 8.12. The van der Waals surface area contributed by atoms with E-state index in [0.29, 0.717) is 4.75 Å². The number of aryl methyl sites for hydroxylation is 1. The van der Waals surface area contributed by atoms with Gasteiger partial charge in [0.25, 0.3) is 0 Å². The van der Waals surface area contributed by atoms with Crippen LogP contribution in [0, 0.1) is 6.92 Å². The van der Waals surface area contributed by atoms with Gasteiger partial charge in [0.15, 0.2) is 0 Å². The van der Waals surface area contributed by atoms with E-state index in [4.69, 9.17) is 4.98 Å². The summed E-state index contributed by atoms with van der Waals surface area (Å²) in [4.78, 5) is 7.31. The lowest BCUT2D eigenvalue weighted by molar-refractivity contribution is 0.634. The maximum absolute atomic E-state index is 4.86. The normalized spacial score (nSPS) is 22.1. The fourth-order valence-electron chi connectivity index (χ4n) is 2.73. The average molecular weight is 305 g/mol. The highest BCUT2D eigenvalue weighted by Crippen LogP contribution is 2.32. The van der Waals surface area contributed by atoms with Crippen molar-refractivity contribution in [3.8, 4) is 0 Å². The third kappa shape index (κ3) is 4.13. The smallest absolute Gasteiger partial charge is 0.128 e. The van der Waals surface area contributed by atoms with E-state index in [2.05, 4.69) is 54.9 Å². The Kier molecular flexibility index (Phi) is 4.46. The van der Waals surface area contributed by atoms with Crippen LogP contribution in [-0.2, 0) is 6.54 Å². The van der Waals surface area contributed by atoms with Crippen molar-refractivity contribution in [2.75, 3.05) is 23.7 Å². The van der Waals surface area contributed by atoms with Crippen molar-refractivity contribution in [2.45, 2.75) is 57.4 Å². The average Bonchev–Trinajstić information content (AvgIpc) is 3.25. The molecular formula is C17H27N3S. The second-order valence-electron chi connectivity index (χ2n) is 6.91. The SMILES string of the molecule is Cc1nc(N2CCSC(C)(C)CC2)ccc1CNC1CC1. The summed E-state index contributed by atoms with van der Waals surface area (Å²) in [6.45, 7) is 10.0. The van der Waals surface area contributed by atoms with Crippen molar-refractivity contribution in [2.24, 2.45) is 0 Å². The summed E-state index contributed by atoms with van der Waals surface area (Å²) >= 11 is 2.09. The molecule has 3 rings (SSSR count). The van der Waals surface area contributed by atoms with Gasteiger partial charge in [0.1, 0.15) is 5.82 Å². The molecule has 1 aromatic heterocycles. The van der Waals surface area contributed by atoms with Gasteiger partial charge >= 0.3 is 0 Å². The lowest BCUT2D eigenvalue weighted by atomic mass is 10.1. The molecule has 1 N–H and O–H groups in total. The Morgan fingerprint density at radius 2 is 2.14 bits per heavy atom. The highest BCUT2D eigenvalue weighted by Gasteiger charge is 2.24. The number of aromatic nitrogens is 1. The van der Waals surface area contributed by atoms with Gasteiger partial charge in [-0.15, -0.1) is 0 Å². The Morgan fingerprint density at radius 1 is 1.33 bits per heavy atom. The van der Waals surface area contributed by atoms with Crippen LogP contribution in [0.3, 0.4) is 0 Å². The van der Waals surface area contributed by atoms with Crippen LogP contribution in [-0.4, -0.2) is 34.6 Å². The van der Waals surface area contributed by atoms with Crippen LogP contribution in [0.4, 0.5) is 5.82 Å². The van der Waals surface area contributed by atoms with Crippen LogP contribution in [0.2, 0.25) is 0 Å². The molecule has 2 fully saturated rings. The van der Waals surface area contributed by atoms with E-state index in [1.54, 1.807) is 0 Å². The summed E-state index contributed by atoms with van der Waals surface area (Å²) in [5.74, 6) is 2.35. The van der Waals surface area contributed by atoms with Gasteiger partial charge < -0.3 is 10.2 Å². The van der Waals surface area contributed by atoms with Crippen molar-refractivity contribution in [3.63, 3.8) is 0 Å². The Bertz CT molecular complexity index is 497. The number of thioether (sulfide) groups is 1. The standard InChI is InChI=1S/C17H27N3S/c1-13-14(12-18-15-5-6-15)4-7-16(19-13)20-9-8-17(2,3)21-11-10-20/h4,7,15,18H,5-6,8-12H2,1-3H3. The van der Waals surface area contributed by atoms with E-state index in [9.17, 15) is 0 Å². The molecule has 116 valence electrons. The largest absolute Gasteiger partial charge is 0.356 e. The molecule has 0 amide bonds. The molecule has 1 aromatic rings. The Labute approximate surface area is 132 Å². The predicted octanol–water partition coefficient (Wildman–Crippen LogP) is 3.36. The van der Waals surface area contributed by atoms with E-state index in [1.165, 1.54) is 36.3 Å². The van der Waals surface area contributed by atoms with E-state index in [0.717, 1.165) is 31.5 Å². The molecule has 4 heteroatoms. The number of nitrogens with zero attached hydrogens (tertiary/aromatic N) is 2. The molecule has 1 aliphatic carbocycles. The topological polar surface area (TPSA) is 28.2 Å². The molecule has 0 spiro atoms. The van der Waals surface area contributed by atoms with Crippen molar-refractivity contribution in [1.29, 1.82) is 0 Å². The molecule has 3 nitrogen and oxygen atoms in total. The molecule has 2 heterocycles. The van der Waals surface area contributed by atoms with Gasteiger partial charge in [-0.1, -0.05) is 19.9 Å². The minimum atomic E-state index is 0.401. The number of hydrogen-bond donors (Lipinski definition) is 1. The maximum Gasteiger partial charge on any atom is 0.128 e. The van der Waals surface area contributed by atoms with E-state index < -0.39 is 0 Å². The molecule has 0 unspecified atom stereocenters. The molecule has 2 aliphatic rings. The van der Waals surface area contributed by atoms with Crippen LogP contribution >= 0.6 is 11.8 Å². The summed E-state index contributed by atoms with van der Waals surface area (Å²) < 4.78 is 0.401. The summed E-state index contributed by atoms with van der Waals surface area (Å²) in [7, 11) is 0. The van der Waals surface area contributed by atoms with Gasteiger partial charge in [-0.2, -0.15) is 11.8 Å². The highest BCUT2D eigenvalue weighted by atomic mass is 32.2. The second kappa shape index (κ2) is 6.17. The van der Waals surface area contributed by atoms with Gasteiger partial charge in [0.2, 0.25) is 0 Å². The van der Waals surface area contributed by atoms with Crippen LogP contribution in [0.1, 0.15) is 44.4 Å². The molecule has 21 heavy (non-hydrogen) atoms. The Hall–Kier alpha value is -0.740. The molecule has 1 aliphatic heterocycles. The van der Waals surface area contributed by atoms with Gasteiger partial charge in [0, 0.05) is 41.9 Å². The second-order valence-corrected chi connectivity index (χ2v) is 8.72. The number of anilines is 1. The zero-order chi connectivity index (χ0) is 14.9. The van der Waals surface area contributed by atoms with Crippen molar-refractivity contribution < 1.29 is 0 Å². The summed E-state index contributed by atoms with van der Waals surface area (Å²) in [6.07, 6.45) is 3.90. The Balaban J connectivity index is 1.65. The summed E-state index contributed by atoms with van der Waals surface area (Å²) in [6, 6.07) is 5.23. The Morgan fingerprint density at radius 3 is 2.86 bits per heavy atom. The zero-order valence-electron chi connectivity index (χ0n) is 13.5. The lowest BCUT2D eigenvalue weighted by Gasteiger charge is -2.24. The highest BCUT2D eigenvalue weighted by molar-refractivity contribution is 8.00. The molecule has 0 radical (unpaired) electrons. The lowest BCUT2D eigenvalue weighted by Crippen LogP contribution is -2.28. The fourth-order valence-corrected chi connectivity index (χ4v) is 3.83. The number of pyridine rings is 1. The van der Waals surface area contributed by atoms with E-state index in [1.807, 2.05) is 0 Å². The molecule has 0 bridgehead atoms. The van der Waals surface area contributed by atoms with Crippen molar-refractivity contribution in [3.05, 3.63) is 23.4 Å². The van der Waals surface area contributed by atoms with Gasteiger partial charge in [-0.25, -0.2) is 4.98 Å². The first-order chi connectivity index (χ1) is 10.0. The van der Waals surface area contributed by atoms with Crippen LogP contribution in [0.15, 0.2) is 12.1 Å². The summed E-state index contributed by atoms with van der Waals surface area (Å²) in [5.41, 5.74) is 2.52. The van der Waals surface area contributed by atoms with Gasteiger partial charge in [-0.3, -0.25) is 0 Å². The van der Waals surface area contributed by atoms with Crippen LogP contribution in [0.5, 0.6) is 0 Å². The fraction of sp³-hybridized carbons (Fsp3) is 0.706.